The summed E-state index contributed by atoms with van der Waals surface area (Å²) in [5.74, 6) is 1.81. The molecule has 0 aromatic heterocycles. The number of aryl methyl sites for hydroxylation is 1. The van der Waals surface area contributed by atoms with Crippen LogP contribution in [0.25, 0.3) is 0 Å². The quantitative estimate of drug-likeness (QED) is 0.746. The Morgan fingerprint density at radius 2 is 1.70 bits per heavy atom. The summed E-state index contributed by atoms with van der Waals surface area (Å²) in [6.45, 7) is 7.90. The summed E-state index contributed by atoms with van der Waals surface area (Å²) < 4.78 is 0. The number of rotatable bonds is 6. The van der Waals surface area contributed by atoms with Gasteiger partial charge in [-0.1, -0.05) is 62.9 Å². The lowest BCUT2D eigenvalue weighted by Gasteiger charge is -2.34. The van der Waals surface area contributed by atoms with E-state index in [4.69, 9.17) is 0 Å². The number of hydrogen-bond acceptors (Lipinski definition) is 1. The second kappa shape index (κ2) is 7.83. The van der Waals surface area contributed by atoms with Gasteiger partial charge >= 0.3 is 0 Å². The first-order valence-electron chi connectivity index (χ1n) is 8.54. The summed E-state index contributed by atoms with van der Waals surface area (Å²) in [5.41, 5.74) is 2.85. The molecule has 0 saturated heterocycles. The highest BCUT2D eigenvalue weighted by Gasteiger charge is 2.27. The van der Waals surface area contributed by atoms with Crippen molar-refractivity contribution in [2.24, 2.45) is 11.8 Å². The molecule has 1 unspecified atom stereocenters. The van der Waals surface area contributed by atoms with E-state index in [1.54, 1.807) is 0 Å². The van der Waals surface area contributed by atoms with Crippen LogP contribution < -0.4 is 5.32 Å². The van der Waals surface area contributed by atoms with Crippen molar-refractivity contribution >= 4 is 0 Å². The SMILES string of the molecule is CCCNC(c1ccc(C)cc1)C1CCC(CC)CC1. The normalized spacial score (nSPS) is 24.6. The monoisotopic (exact) mass is 273 g/mol. The number of nitrogens with one attached hydrogen (secondary N) is 1. The molecule has 0 amide bonds. The van der Waals surface area contributed by atoms with Gasteiger partial charge in [-0.3, -0.25) is 0 Å². The highest BCUT2D eigenvalue weighted by molar-refractivity contribution is 5.24. The third-order valence-corrected chi connectivity index (χ3v) is 4.99. The van der Waals surface area contributed by atoms with E-state index in [9.17, 15) is 0 Å². The van der Waals surface area contributed by atoms with Gasteiger partial charge in [0.1, 0.15) is 0 Å². The van der Waals surface area contributed by atoms with Gasteiger partial charge < -0.3 is 5.32 Å². The molecule has 1 fully saturated rings. The van der Waals surface area contributed by atoms with Gasteiger partial charge in [0.25, 0.3) is 0 Å². The molecule has 1 aliphatic rings. The van der Waals surface area contributed by atoms with E-state index < -0.39 is 0 Å². The van der Waals surface area contributed by atoms with Crippen LogP contribution in [0.2, 0.25) is 0 Å². The van der Waals surface area contributed by atoms with E-state index in [-0.39, 0.29) is 0 Å². The highest BCUT2D eigenvalue weighted by atomic mass is 14.9. The molecule has 1 nitrogen and oxygen atoms in total. The fourth-order valence-corrected chi connectivity index (χ4v) is 3.56. The molecular weight excluding hydrogens is 242 g/mol. The summed E-state index contributed by atoms with van der Waals surface area (Å²) in [6.07, 6.45) is 8.23. The lowest BCUT2D eigenvalue weighted by Crippen LogP contribution is -2.31. The first-order valence-corrected chi connectivity index (χ1v) is 8.54. The average molecular weight is 273 g/mol. The molecule has 0 radical (unpaired) electrons. The predicted molar refractivity (Wildman–Crippen MR) is 88.0 cm³/mol. The highest BCUT2D eigenvalue weighted by Crippen LogP contribution is 2.38. The fourth-order valence-electron chi connectivity index (χ4n) is 3.56. The minimum Gasteiger partial charge on any atom is -0.310 e. The molecule has 0 aliphatic heterocycles. The van der Waals surface area contributed by atoms with Gasteiger partial charge in [0.15, 0.2) is 0 Å². The third kappa shape index (κ3) is 4.09. The van der Waals surface area contributed by atoms with Crippen LogP contribution in [0.5, 0.6) is 0 Å². The Labute approximate surface area is 125 Å². The molecule has 112 valence electrons. The summed E-state index contributed by atoms with van der Waals surface area (Å²) in [4.78, 5) is 0. The first-order chi connectivity index (χ1) is 9.74. The minimum absolute atomic E-state index is 0.563. The molecule has 0 heterocycles. The minimum atomic E-state index is 0.563. The van der Waals surface area contributed by atoms with Crippen molar-refractivity contribution in [1.82, 2.24) is 5.32 Å². The maximum absolute atomic E-state index is 3.81. The van der Waals surface area contributed by atoms with Gasteiger partial charge in [-0.2, -0.15) is 0 Å². The van der Waals surface area contributed by atoms with Gasteiger partial charge in [-0.25, -0.2) is 0 Å². The molecule has 1 heteroatoms. The Morgan fingerprint density at radius 3 is 2.25 bits per heavy atom. The van der Waals surface area contributed by atoms with Crippen molar-refractivity contribution in [2.75, 3.05) is 6.54 Å². The van der Waals surface area contributed by atoms with Gasteiger partial charge in [-0.05, 0) is 50.1 Å². The Bertz CT molecular complexity index is 373. The first kappa shape index (κ1) is 15.6. The van der Waals surface area contributed by atoms with Crippen LogP contribution in [0.1, 0.15) is 69.5 Å². The van der Waals surface area contributed by atoms with E-state index in [1.807, 2.05) is 0 Å². The van der Waals surface area contributed by atoms with Crippen LogP contribution in [-0.4, -0.2) is 6.54 Å². The van der Waals surface area contributed by atoms with Crippen LogP contribution in [0.3, 0.4) is 0 Å². The van der Waals surface area contributed by atoms with Crippen molar-refractivity contribution in [3.05, 3.63) is 35.4 Å². The van der Waals surface area contributed by atoms with Crippen LogP contribution in [-0.2, 0) is 0 Å². The second-order valence-corrected chi connectivity index (χ2v) is 6.53. The molecule has 1 saturated carbocycles. The van der Waals surface area contributed by atoms with E-state index >= 15 is 0 Å². The van der Waals surface area contributed by atoms with Crippen LogP contribution >= 0.6 is 0 Å². The molecule has 1 N–H and O–H groups in total. The third-order valence-electron chi connectivity index (χ3n) is 4.99. The topological polar surface area (TPSA) is 12.0 Å². The van der Waals surface area contributed by atoms with Crippen LogP contribution in [0, 0.1) is 18.8 Å². The molecular formula is C19H31N. The van der Waals surface area contributed by atoms with Crippen LogP contribution in [0.4, 0.5) is 0 Å². The Morgan fingerprint density at radius 1 is 1.05 bits per heavy atom. The summed E-state index contributed by atoms with van der Waals surface area (Å²) in [7, 11) is 0. The fraction of sp³-hybridized carbons (Fsp3) is 0.684. The van der Waals surface area contributed by atoms with Gasteiger partial charge in [-0.15, -0.1) is 0 Å². The van der Waals surface area contributed by atoms with Crippen molar-refractivity contribution in [1.29, 1.82) is 0 Å². The number of hydrogen-bond donors (Lipinski definition) is 1. The Balaban J connectivity index is 2.05. The summed E-state index contributed by atoms with van der Waals surface area (Å²) in [6, 6.07) is 9.73. The lowest BCUT2D eigenvalue weighted by molar-refractivity contribution is 0.219. The van der Waals surface area contributed by atoms with Crippen molar-refractivity contribution in [3.8, 4) is 0 Å². The zero-order valence-corrected chi connectivity index (χ0v) is 13.5. The summed E-state index contributed by atoms with van der Waals surface area (Å²) in [5, 5.41) is 3.81. The molecule has 1 aromatic carbocycles. The van der Waals surface area contributed by atoms with E-state index in [0.29, 0.717) is 6.04 Å². The van der Waals surface area contributed by atoms with Gasteiger partial charge in [0.2, 0.25) is 0 Å². The molecule has 1 aliphatic carbocycles. The standard InChI is InChI=1S/C19H31N/c1-4-14-20-19(17-10-6-15(3)7-11-17)18-12-8-16(5-2)9-13-18/h6-7,10-11,16,18-20H,4-5,8-9,12-14H2,1-3H3. The molecule has 1 aromatic rings. The Kier molecular flexibility index (Phi) is 6.09. The second-order valence-electron chi connectivity index (χ2n) is 6.53. The maximum Gasteiger partial charge on any atom is 0.0348 e. The van der Waals surface area contributed by atoms with Gasteiger partial charge in [0, 0.05) is 6.04 Å². The summed E-state index contributed by atoms with van der Waals surface area (Å²) >= 11 is 0. The molecule has 1 atom stereocenters. The lowest BCUT2D eigenvalue weighted by atomic mass is 9.76. The molecule has 0 spiro atoms. The average Bonchev–Trinajstić information content (AvgIpc) is 2.50. The van der Waals surface area contributed by atoms with Crippen LogP contribution in [0.15, 0.2) is 24.3 Å². The van der Waals surface area contributed by atoms with E-state index in [1.165, 1.54) is 49.7 Å². The number of benzene rings is 1. The van der Waals surface area contributed by atoms with Crippen molar-refractivity contribution in [2.45, 2.75) is 65.3 Å². The predicted octanol–water partition coefficient (Wildman–Crippen LogP) is 5.25. The largest absolute Gasteiger partial charge is 0.310 e. The molecule has 20 heavy (non-hydrogen) atoms. The van der Waals surface area contributed by atoms with E-state index in [2.05, 4.69) is 50.4 Å². The molecule has 2 rings (SSSR count). The molecule has 0 bridgehead atoms. The Hall–Kier alpha value is -0.820. The van der Waals surface area contributed by atoms with E-state index in [0.717, 1.165) is 18.4 Å². The van der Waals surface area contributed by atoms with Crippen molar-refractivity contribution in [3.63, 3.8) is 0 Å². The maximum atomic E-state index is 3.81. The van der Waals surface area contributed by atoms with Crippen molar-refractivity contribution < 1.29 is 0 Å². The zero-order chi connectivity index (χ0) is 14.4. The zero-order valence-electron chi connectivity index (χ0n) is 13.5. The smallest absolute Gasteiger partial charge is 0.0348 e. The van der Waals surface area contributed by atoms with Gasteiger partial charge in [0.05, 0.1) is 0 Å².